The number of aldehydes is 1. The highest BCUT2D eigenvalue weighted by atomic mass is 16.7. The van der Waals surface area contributed by atoms with E-state index in [9.17, 15) is 4.79 Å². The predicted octanol–water partition coefficient (Wildman–Crippen LogP) is 4.81. The molecule has 0 fully saturated rings. The number of hydrogen-bond acceptors (Lipinski definition) is 6. The minimum Gasteiger partial charge on any atom is -0.497 e. The Morgan fingerprint density at radius 3 is 2.50 bits per heavy atom. The number of carbonyl (C=O) groups is 1. The van der Waals surface area contributed by atoms with Gasteiger partial charge in [-0.15, -0.1) is 0 Å². The summed E-state index contributed by atoms with van der Waals surface area (Å²) in [7, 11) is 3.25. The molecule has 34 heavy (non-hydrogen) atoms. The van der Waals surface area contributed by atoms with Gasteiger partial charge in [-0.05, 0) is 66.2 Å². The molecule has 1 atom stereocenters. The molecule has 172 valence electrons. The SMILES string of the molecule is COc1ccc(-n2nc(CC(C=O)c3cccc(OC)c3)cc2-c2ccc3c(c2)OCO3)cc1. The Morgan fingerprint density at radius 2 is 1.74 bits per heavy atom. The largest absolute Gasteiger partial charge is 0.497 e. The fraction of sp³-hybridized carbons (Fsp3) is 0.185. The van der Waals surface area contributed by atoms with Gasteiger partial charge in [0.05, 0.1) is 31.3 Å². The van der Waals surface area contributed by atoms with Crippen LogP contribution in [0.15, 0.2) is 72.8 Å². The molecule has 1 aliphatic heterocycles. The summed E-state index contributed by atoms with van der Waals surface area (Å²) in [4.78, 5) is 12.0. The van der Waals surface area contributed by atoms with Crippen LogP contribution in [0.5, 0.6) is 23.0 Å². The molecule has 4 aromatic rings. The second-order valence-corrected chi connectivity index (χ2v) is 7.92. The summed E-state index contributed by atoms with van der Waals surface area (Å²) >= 11 is 0. The van der Waals surface area contributed by atoms with Gasteiger partial charge >= 0.3 is 0 Å². The molecule has 3 aromatic carbocycles. The van der Waals surface area contributed by atoms with Crippen LogP contribution in [0.4, 0.5) is 0 Å². The van der Waals surface area contributed by atoms with E-state index < -0.39 is 0 Å². The molecule has 0 amide bonds. The maximum absolute atomic E-state index is 12.0. The first-order valence-corrected chi connectivity index (χ1v) is 10.9. The van der Waals surface area contributed by atoms with Crippen molar-refractivity contribution in [3.8, 4) is 39.9 Å². The number of carbonyl (C=O) groups excluding carboxylic acids is 1. The number of methoxy groups -OCH3 is 2. The van der Waals surface area contributed by atoms with Crippen molar-refractivity contribution in [2.24, 2.45) is 0 Å². The topological polar surface area (TPSA) is 71.8 Å². The lowest BCUT2D eigenvalue weighted by Gasteiger charge is -2.10. The Balaban J connectivity index is 1.54. The molecule has 1 aliphatic rings. The normalized spacial score (nSPS) is 12.9. The third-order valence-corrected chi connectivity index (χ3v) is 5.86. The van der Waals surface area contributed by atoms with Gasteiger partial charge in [0.15, 0.2) is 11.5 Å². The Hall–Kier alpha value is -4.26. The second kappa shape index (κ2) is 9.31. The molecule has 0 bridgehead atoms. The molecule has 0 spiro atoms. The van der Waals surface area contributed by atoms with E-state index in [1.807, 2.05) is 77.5 Å². The summed E-state index contributed by atoms with van der Waals surface area (Å²) in [6.07, 6.45) is 1.42. The first-order chi connectivity index (χ1) is 16.7. The van der Waals surface area contributed by atoms with Crippen LogP contribution < -0.4 is 18.9 Å². The van der Waals surface area contributed by atoms with E-state index in [4.69, 9.17) is 24.0 Å². The van der Waals surface area contributed by atoms with E-state index in [2.05, 4.69) is 0 Å². The van der Waals surface area contributed by atoms with Crippen LogP contribution in [0.3, 0.4) is 0 Å². The van der Waals surface area contributed by atoms with Crippen molar-refractivity contribution < 1.29 is 23.7 Å². The molecule has 1 unspecified atom stereocenters. The van der Waals surface area contributed by atoms with Crippen LogP contribution >= 0.6 is 0 Å². The maximum Gasteiger partial charge on any atom is 0.231 e. The Morgan fingerprint density at radius 1 is 0.941 bits per heavy atom. The molecular weight excluding hydrogens is 432 g/mol. The van der Waals surface area contributed by atoms with Gasteiger partial charge in [0.1, 0.15) is 17.8 Å². The van der Waals surface area contributed by atoms with Crippen LogP contribution in [0.2, 0.25) is 0 Å². The first-order valence-electron chi connectivity index (χ1n) is 10.9. The summed E-state index contributed by atoms with van der Waals surface area (Å²) in [5.74, 6) is 2.55. The Bertz CT molecular complexity index is 1310. The van der Waals surface area contributed by atoms with Gasteiger partial charge in [0, 0.05) is 17.9 Å². The quantitative estimate of drug-likeness (QED) is 0.354. The van der Waals surface area contributed by atoms with Gasteiger partial charge < -0.3 is 23.7 Å². The van der Waals surface area contributed by atoms with Gasteiger partial charge in [-0.3, -0.25) is 0 Å². The van der Waals surface area contributed by atoms with Gasteiger partial charge in [-0.1, -0.05) is 12.1 Å². The van der Waals surface area contributed by atoms with E-state index in [0.717, 1.165) is 46.0 Å². The minimum atomic E-state index is -0.348. The van der Waals surface area contributed by atoms with E-state index in [1.54, 1.807) is 14.2 Å². The molecule has 0 aliphatic carbocycles. The minimum absolute atomic E-state index is 0.212. The number of ether oxygens (including phenoxy) is 4. The van der Waals surface area contributed by atoms with Crippen molar-refractivity contribution in [3.05, 3.63) is 84.1 Å². The Labute approximate surface area is 197 Å². The standard InChI is InChI=1S/C27H24N2O5/c1-31-23-9-7-22(8-10-23)29-25(19-6-11-26-27(14-19)34-17-33-26)15-21(28-29)12-20(16-30)18-4-3-5-24(13-18)32-2/h3-11,13-16,20H,12,17H2,1-2H3. The zero-order chi connectivity index (χ0) is 23.5. The lowest BCUT2D eigenvalue weighted by molar-refractivity contribution is -0.109. The summed E-state index contributed by atoms with van der Waals surface area (Å²) in [6, 6.07) is 23.1. The van der Waals surface area contributed by atoms with Gasteiger partial charge in [-0.25, -0.2) is 4.68 Å². The average Bonchev–Trinajstić information content (AvgIpc) is 3.54. The monoisotopic (exact) mass is 456 g/mol. The van der Waals surface area contributed by atoms with Gasteiger partial charge in [-0.2, -0.15) is 5.10 Å². The molecule has 0 N–H and O–H groups in total. The van der Waals surface area contributed by atoms with Crippen LogP contribution in [-0.2, 0) is 11.2 Å². The number of benzene rings is 3. The number of hydrogen-bond donors (Lipinski definition) is 0. The third-order valence-electron chi connectivity index (χ3n) is 5.86. The summed E-state index contributed by atoms with van der Waals surface area (Å²) < 4.78 is 23.5. The molecule has 7 heteroatoms. The van der Waals surface area contributed by atoms with Crippen LogP contribution in [0.1, 0.15) is 17.2 Å². The van der Waals surface area contributed by atoms with Crippen molar-refractivity contribution in [1.82, 2.24) is 9.78 Å². The first kappa shape index (κ1) is 21.6. The molecule has 1 aromatic heterocycles. The van der Waals surface area contributed by atoms with Crippen molar-refractivity contribution in [1.29, 1.82) is 0 Å². The fourth-order valence-corrected chi connectivity index (χ4v) is 4.05. The molecule has 5 rings (SSSR count). The van der Waals surface area contributed by atoms with Crippen LogP contribution in [0, 0.1) is 0 Å². The number of rotatable bonds is 8. The van der Waals surface area contributed by atoms with Crippen LogP contribution in [0.25, 0.3) is 16.9 Å². The van der Waals surface area contributed by atoms with Crippen LogP contribution in [-0.4, -0.2) is 37.1 Å². The summed E-state index contributed by atoms with van der Waals surface area (Å²) in [5.41, 5.74) is 4.38. The highest BCUT2D eigenvalue weighted by Gasteiger charge is 2.20. The van der Waals surface area contributed by atoms with Crippen molar-refractivity contribution in [2.45, 2.75) is 12.3 Å². The fourth-order valence-electron chi connectivity index (χ4n) is 4.05. The smallest absolute Gasteiger partial charge is 0.231 e. The van der Waals surface area contributed by atoms with Gasteiger partial charge in [0.2, 0.25) is 6.79 Å². The lowest BCUT2D eigenvalue weighted by Crippen LogP contribution is -2.06. The predicted molar refractivity (Wildman–Crippen MR) is 127 cm³/mol. The maximum atomic E-state index is 12.0. The van der Waals surface area contributed by atoms with Gasteiger partial charge in [0.25, 0.3) is 0 Å². The highest BCUT2D eigenvalue weighted by Crippen LogP contribution is 2.37. The highest BCUT2D eigenvalue weighted by molar-refractivity contribution is 5.68. The van der Waals surface area contributed by atoms with E-state index in [0.29, 0.717) is 17.9 Å². The van der Waals surface area contributed by atoms with E-state index in [-0.39, 0.29) is 12.7 Å². The van der Waals surface area contributed by atoms with Crippen molar-refractivity contribution in [3.63, 3.8) is 0 Å². The lowest BCUT2D eigenvalue weighted by atomic mass is 9.95. The Kier molecular flexibility index (Phi) is 5.91. The second-order valence-electron chi connectivity index (χ2n) is 7.92. The average molecular weight is 456 g/mol. The molecular formula is C27H24N2O5. The molecule has 0 saturated heterocycles. The zero-order valence-electron chi connectivity index (χ0n) is 18.9. The molecule has 0 radical (unpaired) electrons. The van der Waals surface area contributed by atoms with E-state index in [1.165, 1.54) is 0 Å². The van der Waals surface area contributed by atoms with E-state index >= 15 is 0 Å². The molecule has 2 heterocycles. The third kappa shape index (κ3) is 4.20. The summed E-state index contributed by atoms with van der Waals surface area (Å²) in [5, 5.41) is 4.88. The molecule has 7 nitrogen and oxygen atoms in total. The number of aromatic nitrogens is 2. The van der Waals surface area contributed by atoms with Crippen molar-refractivity contribution >= 4 is 6.29 Å². The summed E-state index contributed by atoms with van der Waals surface area (Å²) in [6.45, 7) is 0.212. The number of fused-ring (bicyclic) bond motifs is 1. The number of nitrogens with zero attached hydrogens (tertiary/aromatic N) is 2. The van der Waals surface area contributed by atoms with Crippen molar-refractivity contribution in [2.75, 3.05) is 21.0 Å². The zero-order valence-corrected chi connectivity index (χ0v) is 18.9. The molecule has 0 saturated carbocycles.